The Morgan fingerprint density at radius 3 is 2.58 bits per heavy atom. The molecule has 9 atom stereocenters. The highest BCUT2D eigenvalue weighted by Gasteiger charge is 2.77. The molecule has 0 aromatic heterocycles. The number of rotatable bonds is 16. The lowest BCUT2D eigenvalue weighted by Crippen LogP contribution is -2.59. The SMILES string of the molecule is C=CCCC(=O)NC[C@H](C)OC(=O)[C@H]1[C@@H]2O[C@@]3(CC2Br)[C@@H]1C(=O)N([C@@H](CO)[C@@H](C)CC)[C@@H]3C(=O)N(CC=C)Cc1ccccc1. The van der Waals surface area contributed by atoms with Gasteiger partial charge in [0.15, 0.2) is 0 Å². The van der Waals surface area contributed by atoms with Crippen molar-refractivity contribution in [3.63, 3.8) is 0 Å². The Balaban J connectivity index is 1.68. The predicted octanol–water partition coefficient (Wildman–Crippen LogP) is 3.37. The van der Waals surface area contributed by atoms with E-state index >= 15 is 0 Å². The number of carbonyl (C=O) groups is 4. The van der Waals surface area contributed by atoms with Crippen LogP contribution in [-0.4, -0.2) is 93.0 Å². The van der Waals surface area contributed by atoms with Crippen LogP contribution in [0.2, 0.25) is 0 Å². The topological polar surface area (TPSA) is 125 Å². The van der Waals surface area contributed by atoms with E-state index < -0.39 is 47.7 Å². The lowest BCUT2D eigenvalue weighted by Gasteiger charge is -2.41. The minimum atomic E-state index is -1.30. The van der Waals surface area contributed by atoms with Crippen molar-refractivity contribution in [2.45, 2.75) is 87.7 Å². The number of likely N-dealkylation sites (tertiary alicyclic amines) is 1. The maximum Gasteiger partial charge on any atom is 0.312 e. The zero-order chi connectivity index (χ0) is 32.9. The van der Waals surface area contributed by atoms with Crippen LogP contribution in [-0.2, 0) is 35.2 Å². The van der Waals surface area contributed by atoms with Gasteiger partial charge in [-0.25, -0.2) is 0 Å². The average Bonchev–Trinajstić information content (AvgIpc) is 3.62. The maximum atomic E-state index is 14.7. The van der Waals surface area contributed by atoms with Gasteiger partial charge in [-0.15, -0.1) is 13.2 Å². The number of hydrogen-bond acceptors (Lipinski definition) is 7. The fraction of sp³-hybridized carbons (Fsp3) is 0.588. The molecule has 246 valence electrons. The number of fused-ring (bicyclic) bond motifs is 1. The van der Waals surface area contributed by atoms with Crippen LogP contribution in [0.25, 0.3) is 0 Å². The first kappa shape index (κ1) is 34.8. The molecule has 3 amide bonds. The Labute approximate surface area is 274 Å². The van der Waals surface area contributed by atoms with E-state index in [1.807, 2.05) is 44.2 Å². The number of allylic oxidation sites excluding steroid dienone is 1. The molecular formula is C34H46BrN3O7. The molecule has 0 saturated carbocycles. The zero-order valence-corrected chi connectivity index (χ0v) is 28.0. The highest BCUT2D eigenvalue weighted by atomic mass is 79.9. The van der Waals surface area contributed by atoms with Crippen molar-refractivity contribution in [1.82, 2.24) is 15.1 Å². The molecule has 11 heteroatoms. The minimum Gasteiger partial charge on any atom is -0.460 e. The molecule has 3 fully saturated rings. The largest absolute Gasteiger partial charge is 0.460 e. The van der Waals surface area contributed by atoms with Gasteiger partial charge >= 0.3 is 5.97 Å². The number of halogens is 1. The molecule has 3 saturated heterocycles. The zero-order valence-electron chi connectivity index (χ0n) is 26.4. The molecule has 0 radical (unpaired) electrons. The number of benzene rings is 1. The van der Waals surface area contributed by atoms with Gasteiger partial charge in [-0.3, -0.25) is 19.2 Å². The molecule has 1 aromatic carbocycles. The smallest absolute Gasteiger partial charge is 0.312 e. The number of nitrogens with one attached hydrogen (secondary N) is 1. The lowest BCUT2D eigenvalue weighted by molar-refractivity contribution is -0.160. The predicted molar refractivity (Wildman–Crippen MR) is 173 cm³/mol. The fourth-order valence-electron chi connectivity index (χ4n) is 7.05. The molecule has 0 aliphatic carbocycles. The van der Waals surface area contributed by atoms with E-state index in [2.05, 4.69) is 34.4 Å². The number of amides is 3. The van der Waals surface area contributed by atoms with Crippen LogP contribution in [0.15, 0.2) is 55.6 Å². The van der Waals surface area contributed by atoms with E-state index in [1.54, 1.807) is 24.0 Å². The van der Waals surface area contributed by atoms with E-state index in [-0.39, 0.29) is 54.6 Å². The van der Waals surface area contributed by atoms with E-state index in [0.717, 1.165) is 5.56 Å². The van der Waals surface area contributed by atoms with Crippen molar-refractivity contribution in [1.29, 1.82) is 0 Å². The number of aliphatic hydroxyl groups is 1. The van der Waals surface area contributed by atoms with Gasteiger partial charge in [-0.2, -0.15) is 0 Å². The lowest BCUT2D eigenvalue weighted by atomic mass is 9.70. The number of carbonyl (C=O) groups excluding carboxylic acids is 4. The molecule has 45 heavy (non-hydrogen) atoms. The fourth-order valence-corrected chi connectivity index (χ4v) is 7.99. The van der Waals surface area contributed by atoms with Crippen LogP contribution in [0, 0.1) is 17.8 Å². The molecule has 4 rings (SSSR count). The van der Waals surface area contributed by atoms with E-state index in [1.165, 1.54) is 4.90 Å². The third kappa shape index (κ3) is 6.90. The van der Waals surface area contributed by atoms with Gasteiger partial charge in [-0.1, -0.05) is 78.7 Å². The first-order chi connectivity index (χ1) is 21.5. The number of ether oxygens (including phenoxy) is 2. The minimum absolute atomic E-state index is 0.116. The van der Waals surface area contributed by atoms with E-state index in [0.29, 0.717) is 25.8 Å². The molecule has 3 aliphatic rings. The highest BCUT2D eigenvalue weighted by molar-refractivity contribution is 9.09. The second kappa shape index (κ2) is 15.0. The van der Waals surface area contributed by atoms with Gasteiger partial charge in [0.05, 0.1) is 37.1 Å². The summed E-state index contributed by atoms with van der Waals surface area (Å²) in [4.78, 5) is 57.9. The summed E-state index contributed by atoms with van der Waals surface area (Å²) in [6, 6.07) is 7.85. The maximum absolute atomic E-state index is 14.7. The first-order valence-electron chi connectivity index (χ1n) is 15.8. The Kier molecular flexibility index (Phi) is 11.7. The summed E-state index contributed by atoms with van der Waals surface area (Å²) >= 11 is 3.69. The summed E-state index contributed by atoms with van der Waals surface area (Å²) in [6.07, 6.45) is 3.80. The summed E-state index contributed by atoms with van der Waals surface area (Å²) in [5.41, 5.74) is -0.379. The molecule has 3 aliphatic heterocycles. The molecule has 3 heterocycles. The molecule has 10 nitrogen and oxygen atoms in total. The summed E-state index contributed by atoms with van der Waals surface area (Å²) in [5, 5.41) is 13.4. The Bertz CT molecular complexity index is 1260. The highest BCUT2D eigenvalue weighted by Crippen LogP contribution is 2.61. The average molecular weight is 689 g/mol. The van der Waals surface area contributed by atoms with E-state index in [9.17, 15) is 24.3 Å². The monoisotopic (exact) mass is 687 g/mol. The Morgan fingerprint density at radius 1 is 1.24 bits per heavy atom. The van der Waals surface area contributed by atoms with Crippen LogP contribution in [0.4, 0.5) is 0 Å². The van der Waals surface area contributed by atoms with Crippen LogP contribution in [0.3, 0.4) is 0 Å². The number of aliphatic hydroxyl groups excluding tert-OH is 1. The van der Waals surface area contributed by atoms with Crippen LogP contribution in [0.5, 0.6) is 0 Å². The Morgan fingerprint density at radius 2 is 1.96 bits per heavy atom. The van der Waals surface area contributed by atoms with E-state index in [4.69, 9.17) is 9.47 Å². The third-order valence-corrected chi connectivity index (χ3v) is 10.3. The van der Waals surface area contributed by atoms with Crippen molar-refractivity contribution >= 4 is 39.6 Å². The summed E-state index contributed by atoms with van der Waals surface area (Å²) in [6.45, 7) is 13.4. The number of esters is 1. The third-order valence-electron chi connectivity index (χ3n) is 9.44. The van der Waals surface area contributed by atoms with Gasteiger partial charge < -0.3 is 29.7 Å². The van der Waals surface area contributed by atoms with Crippen molar-refractivity contribution in [3.8, 4) is 0 Å². The summed E-state index contributed by atoms with van der Waals surface area (Å²) in [5.74, 6) is -3.55. The Hall–Kier alpha value is -3.02. The standard InChI is InChI=1S/C34H46BrN3O7/c1-6-9-15-26(40)36-18-22(5)44-33(43)27-28-31(41)38(25(20-39)21(4)8-3)30(34(28)17-24(35)29(27)45-34)32(42)37(16-7-2)19-23-13-11-10-12-14-23/h6-7,10-14,21-22,24-25,27-30,39H,1-2,8-9,15-20H2,3-5H3,(H,36,40)/t21-,22-,24?,25-,27+,28-,29+,30+,34-/m0/s1. The molecule has 1 unspecified atom stereocenters. The van der Waals surface area contributed by atoms with Crippen molar-refractivity contribution in [2.24, 2.45) is 17.8 Å². The molecule has 1 aromatic rings. The molecular weight excluding hydrogens is 642 g/mol. The van der Waals surface area contributed by atoms with Crippen molar-refractivity contribution in [2.75, 3.05) is 19.7 Å². The van der Waals surface area contributed by atoms with Crippen molar-refractivity contribution < 1.29 is 33.8 Å². The molecule has 2 bridgehead atoms. The van der Waals surface area contributed by atoms with Crippen molar-refractivity contribution in [3.05, 3.63) is 61.2 Å². The van der Waals surface area contributed by atoms with Gasteiger partial charge in [0.2, 0.25) is 17.7 Å². The van der Waals surface area contributed by atoms with Crippen LogP contribution in [0.1, 0.15) is 52.0 Å². The summed E-state index contributed by atoms with van der Waals surface area (Å²) in [7, 11) is 0. The van der Waals surface area contributed by atoms with Gasteiger partial charge in [0.1, 0.15) is 17.7 Å². The normalized spacial score (nSPS) is 28.6. The van der Waals surface area contributed by atoms with Crippen LogP contribution < -0.4 is 5.32 Å². The first-order valence-corrected chi connectivity index (χ1v) is 16.7. The molecule has 1 spiro atoms. The second-order valence-corrected chi connectivity index (χ2v) is 13.6. The quantitative estimate of drug-likeness (QED) is 0.155. The summed E-state index contributed by atoms with van der Waals surface area (Å²) < 4.78 is 12.4. The number of nitrogens with zero attached hydrogens (tertiary/aromatic N) is 2. The number of alkyl halides is 1. The van der Waals surface area contributed by atoms with Gasteiger partial charge in [0, 0.05) is 24.3 Å². The van der Waals surface area contributed by atoms with Gasteiger partial charge in [-0.05, 0) is 31.2 Å². The van der Waals surface area contributed by atoms with Crippen LogP contribution >= 0.6 is 15.9 Å². The number of hydrogen-bond donors (Lipinski definition) is 2. The second-order valence-electron chi connectivity index (χ2n) is 12.4. The van der Waals surface area contributed by atoms with Gasteiger partial charge in [0.25, 0.3) is 0 Å². The molecule has 2 N–H and O–H groups in total.